The average Bonchev–Trinajstić information content (AvgIpc) is 1.97. The molecule has 0 fully saturated rings. The third-order valence-electron chi connectivity index (χ3n) is 1.80. The van der Waals surface area contributed by atoms with Gasteiger partial charge in [-0.1, -0.05) is 31.6 Å². The van der Waals surface area contributed by atoms with E-state index in [1.54, 1.807) is 0 Å². The van der Waals surface area contributed by atoms with Crippen molar-refractivity contribution in [2.45, 2.75) is 33.5 Å². The maximum atomic E-state index is 3.38. The van der Waals surface area contributed by atoms with Crippen LogP contribution >= 0.6 is 0 Å². The van der Waals surface area contributed by atoms with E-state index in [1.165, 1.54) is 11.1 Å². The predicted molar refractivity (Wildman–Crippen MR) is 66.1 cm³/mol. The first kappa shape index (κ1) is 11.1. The molecule has 14 heavy (non-hydrogen) atoms. The summed E-state index contributed by atoms with van der Waals surface area (Å²) in [5.41, 5.74) is 7.13. The Morgan fingerprint density at radius 2 is 1.43 bits per heavy atom. The molecule has 0 radical (unpaired) electrons. The molecular formula is C13H18Si. The number of rotatable bonds is 0. The molecule has 0 amide bonds. The highest BCUT2D eigenvalue weighted by molar-refractivity contribution is 6.83. The Labute approximate surface area is 88.4 Å². The second kappa shape index (κ2) is 4.02. The van der Waals surface area contributed by atoms with Crippen molar-refractivity contribution in [1.29, 1.82) is 0 Å². The number of hydrogen-bond acceptors (Lipinski definition) is 0. The van der Waals surface area contributed by atoms with E-state index in [-0.39, 0.29) is 0 Å². The molecule has 0 unspecified atom stereocenters. The third-order valence-corrected chi connectivity index (χ3v) is 2.68. The summed E-state index contributed by atoms with van der Waals surface area (Å²) in [5.74, 6) is 3.28. The van der Waals surface area contributed by atoms with Crippen molar-refractivity contribution in [3.63, 3.8) is 0 Å². The van der Waals surface area contributed by atoms with Crippen molar-refractivity contribution >= 4 is 8.07 Å². The molecule has 0 atom stereocenters. The first-order valence-electron chi connectivity index (χ1n) is 4.98. The minimum atomic E-state index is -1.24. The Bertz CT molecular complexity index is 366. The average molecular weight is 202 g/mol. The van der Waals surface area contributed by atoms with Crippen molar-refractivity contribution in [3.8, 4) is 11.5 Å². The molecule has 74 valence electrons. The molecule has 0 N–H and O–H groups in total. The van der Waals surface area contributed by atoms with Crippen LogP contribution in [0, 0.1) is 25.3 Å². The second-order valence-corrected chi connectivity index (χ2v) is 9.63. The van der Waals surface area contributed by atoms with Crippen LogP contribution in [0.3, 0.4) is 0 Å². The lowest BCUT2D eigenvalue weighted by Gasteiger charge is -2.04. The van der Waals surface area contributed by atoms with E-state index in [0.29, 0.717) is 0 Å². The van der Waals surface area contributed by atoms with Crippen LogP contribution in [0.25, 0.3) is 0 Å². The zero-order valence-electron chi connectivity index (χ0n) is 9.73. The van der Waals surface area contributed by atoms with Gasteiger partial charge in [-0.05, 0) is 37.1 Å². The summed E-state index contributed by atoms with van der Waals surface area (Å²) in [4.78, 5) is 0. The van der Waals surface area contributed by atoms with E-state index in [4.69, 9.17) is 0 Å². The van der Waals surface area contributed by atoms with E-state index in [2.05, 4.69) is 63.2 Å². The van der Waals surface area contributed by atoms with E-state index >= 15 is 0 Å². The van der Waals surface area contributed by atoms with Crippen molar-refractivity contribution in [2.24, 2.45) is 0 Å². The first-order chi connectivity index (χ1) is 6.37. The predicted octanol–water partition coefficient (Wildman–Crippen LogP) is 3.53. The Balaban J connectivity index is 3.02. The van der Waals surface area contributed by atoms with E-state index in [9.17, 15) is 0 Å². The topological polar surface area (TPSA) is 0 Å². The number of hydrogen-bond donors (Lipinski definition) is 0. The highest BCUT2D eigenvalue weighted by Gasteiger charge is 2.07. The van der Waals surface area contributed by atoms with Gasteiger partial charge in [0.1, 0.15) is 8.07 Å². The fraction of sp³-hybridized carbons (Fsp3) is 0.385. The fourth-order valence-corrected chi connectivity index (χ4v) is 1.83. The van der Waals surface area contributed by atoms with Crippen molar-refractivity contribution in [1.82, 2.24) is 0 Å². The zero-order valence-corrected chi connectivity index (χ0v) is 10.7. The van der Waals surface area contributed by atoms with Crippen LogP contribution in [0.5, 0.6) is 0 Å². The minimum absolute atomic E-state index is 1.16. The van der Waals surface area contributed by atoms with E-state index in [0.717, 1.165) is 5.56 Å². The van der Waals surface area contributed by atoms with Gasteiger partial charge in [-0.15, -0.1) is 5.54 Å². The molecule has 0 spiro atoms. The summed E-state index contributed by atoms with van der Waals surface area (Å²) >= 11 is 0. The van der Waals surface area contributed by atoms with Gasteiger partial charge in [0.15, 0.2) is 0 Å². The van der Waals surface area contributed by atoms with Gasteiger partial charge in [-0.25, -0.2) is 0 Å². The lowest BCUT2D eigenvalue weighted by molar-refractivity contribution is 1.37. The highest BCUT2D eigenvalue weighted by Crippen LogP contribution is 2.08. The summed E-state index contributed by atoms with van der Waals surface area (Å²) < 4.78 is 0. The maximum Gasteiger partial charge on any atom is 0.129 e. The van der Waals surface area contributed by atoms with Gasteiger partial charge in [0, 0.05) is 5.56 Å². The van der Waals surface area contributed by atoms with Crippen LogP contribution in [0.2, 0.25) is 19.6 Å². The lowest BCUT2D eigenvalue weighted by Crippen LogP contribution is -2.16. The van der Waals surface area contributed by atoms with Gasteiger partial charge in [0.05, 0.1) is 0 Å². The summed E-state index contributed by atoms with van der Waals surface area (Å²) in [5, 5.41) is 0. The molecular weight excluding hydrogens is 184 g/mol. The summed E-state index contributed by atoms with van der Waals surface area (Å²) in [6, 6.07) is 6.49. The molecule has 0 aliphatic rings. The quantitative estimate of drug-likeness (QED) is 0.446. The normalized spacial score (nSPS) is 10.6. The van der Waals surface area contributed by atoms with Gasteiger partial charge in [-0.2, -0.15) is 0 Å². The summed E-state index contributed by atoms with van der Waals surface area (Å²) in [7, 11) is -1.24. The van der Waals surface area contributed by atoms with Crippen LogP contribution in [-0.2, 0) is 0 Å². The van der Waals surface area contributed by atoms with Gasteiger partial charge < -0.3 is 0 Å². The standard InChI is InChI=1S/C13H18Si/c1-11-8-12(2)10-13(9-11)6-7-14(3,4)5/h8-10H,1-5H3. The molecule has 1 aromatic carbocycles. The summed E-state index contributed by atoms with van der Waals surface area (Å²) in [6.45, 7) is 11.0. The number of benzene rings is 1. The Hall–Kier alpha value is -1.00. The SMILES string of the molecule is Cc1cc(C)cc(C#C[Si](C)(C)C)c1. The molecule has 0 aliphatic carbocycles. The monoisotopic (exact) mass is 202 g/mol. The smallest absolute Gasteiger partial charge is 0.127 e. The van der Waals surface area contributed by atoms with E-state index < -0.39 is 8.07 Å². The number of aryl methyl sites for hydroxylation is 2. The van der Waals surface area contributed by atoms with Crippen LogP contribution in [0.15, 0.2) is 18.2 Å². The zero-order chi connectivity index (χ0) is 10.8. The van der Waals surface area contributed by atoms with Crippen molar-refractivity contribution < 1.29 is 0 Å². The second-order valence-electron chi connectivity index (χ2n) is 4.88. The Morgan fingerprint density at radius 3 is 1.86 bits per heavy atom. The van der Waals surface area contributed by atoms with Crippen molar-refractivity contribution in [3.05, 3.63) is 34.9 Å². The molecule has 0 saturated carbocycles. The molecule has 0 nitrogen and oxygen atoms in total. The molecule has 0 aliphatic heterocycles. The van der Waals surface area contributed by atoms with E-state index in [1.807, 2.05) is 0 Å². The minimum Gasteiger partial charge on any atom is -0.127 e. The molecule has 1 rings (SSSR count). The Morgan fingerprint density at radius 1 is 0.929 bits per heavy atom. The molecule has 0 bridgehead atoms. The molecule has 1 aromatic rings. The molecule has 0 heterocycles. The van der Waals surface area contributed by atoms with Gasteiger partial charge in [-0.3, -0.25) is 0 Å². The van der Waals surface area contributed by atoms with Crippen LogP contribution < -0.4 is 0 Å². The van der Waals surface area contributed by atoms with Gasteiger partial charge in [0.2, 0.25) is 0 Å². The van der Waals surface area contributed by atoms with Crippen LogP contribution in [0.1, 0.15) is 16.7 Å². The third kappa shape index (κ3) is 3.80. The van der Waals surface area contributed by atoms with Crippen LogP contribution in [-0.4, -0.2) is 8.07 Å². The first-order valence-corrected chi connectivity index (χ1v) is 8.48. The lowest BCUT2D eigenvalue weighted by atomic mass is 10.1. The molecule has 0 saturated heterocycles. The highest BCUT2D eigenvalue weighted by atomic mass is 28.3. The van der Waals surface area contributed by atoms with Gasteiger partial charge >= 0.3 is 0 Å². The summed E-state index contributed by atoms with van der Waals surface area (Å²) in [6.07, 6.45) is 0. The molecule has 0 aromatic heterocycles. The Kier molecular flexibility index (Phi) is 3.18. The fourth-order valence-electron chi connectivity index (χ4n) is 1.31. The largest absolute Gasteiger partial charge is 0.129 e. The van der Waals surface area contributed by atoms with Gasteiger partial charge in [0.25, 0.3) is 0 Å². The van der Waals surface area contributed by atoms with Crippen molar-refractivity contribution in [2.75, 3.05) is 0 Å². The van der Waals surface area contributed by atoms with Crippen LogP contribution in [0.4, 0.5) is 0 Å². The molecule has 1 heteroatoms. The maximum absolute atomic E-state index is 3.38.